The normalized spacial score (nSPS) is 9.86. The third kappa shape index (κ3) is 5.02. The van der Waals surface area contributed by atoms with E-state index in [2.05, 4.69) is 4.98 Å². The monoisotopic (exact) mass is 321 g/mol. The second-order valence-corrected chi connectivity index (χ2v) is 4.76. The molecule has 22 heavy (non-hydrogen) atoms. The summed E-state index contributed by atoms with van der Waals surface area (Å²) in [6.45, 7) is 1.49. The Kier molecular flexibility index (Phi) is 7.36. The van der Waals surface area contributed by atoms with Gasteiger partial charge in [0.1, 0.15) is 0 Å². The maximum Gasteiger partial charge on any atom is 0.255 e. The maximum atomic E-state index is 12.4. The number of aromatic nitrogens is 1. The first kappa shape index (κ1) is 17.9. The molecule has 2 rings (SSSR count). The van der Waals surface area contributed by atoms with Crippen molar-refractivity contribution < 1.29 is 4.79 Å². The van der Waals surface area contributed by atoms with E-state index in [1.165, 1.54) is 23.9 Å². The summed E-state index contributed by atoms with van der Waals surface area (Å²) in [4.78, 5) is 27.7. The van der Waals surface area contributed by atoms with Crippen LogP contribution in [0.2, 0.25) is 0 Å². The zero-order chi connectivity index (χ0) is 15.1. The van der Waals surface area contributed by atoms with Crippen molar-refractivity contribution in [2.45, 2.75) is 6.42 Å². The number of pyridine rings is 1. The van der Waals surface area contributed by atoms with Crippen LogP contribution in [0.15, 0.2) is 53.5 Å². The molecule has 0 saturated carbocycles. The largest absolute Gasteiger partial charge is 0.337 e. The highest BCUT2D eigenvalue weighted by atomic mass is 35.5. The third-order valence-electron chi connectivity index (χ3n) is 3.23. The van der Waals surface area contributed by atoms with Gasteiger partial charge >= 0.3 is 0 Å². The first-order valence-electron chi connectivity index (χ1n) is 6.92. The summed E-state index contributed by atoms with van der Waals surface area (Å²) < 4.78 is 0. The topological polar surface area (TPSA) is 79.2 Å². The first-order chi connectivity index (χ1) is 10.2. The number of nitrogens with one attached hydrogen (secondary N) is 1. The number of nitrogens with zero attached hydrogens (tertiary/aromatic N) is 1. The minimum absolute atomic E-state index is 0. The van der Waals surface area contributed by atoms with Crippen LogP contribution < -0.4 is 11.3 Å². The van der Waals surface area contributed by atoms with Gasteiger partial charge in [-0.1, -0.05) is 30.3 Å². The number of H-pyrrole nitrogens is 1. The van der Waals surface area contributed by atoms with Crippen molar-refractivity contribution in [2.75, 3.05) is 19.6 Å². The minimum atomic E-state index is -0.221. The van der Waals surface area contributed by atoms with Crippen LogP contribution in [0.1, 0.15) is 15.9 Å². The molecular formula is C16H20ClN3O2. The maximum absolute atomic E-state index is 12.4. The van der Waals surface area contributed by atoms with E-state index in [0.717, 1.165) is 6.42 Å². The highest BCUT2D eigenvalue weighted by molar-refractivity contribution is 5.93. The Morgan fingerprint density at radius 1 is 1.09 bits per heavy atom. The molecule has 0 unspecified atom stereocenters. The molecule has 0 radical (unpaired) electrons. The fourth-order valence-corrected chi connectivity index (χ4v) is 2.11. The summed E-state index contributed by atoms with van der Waals surface area (Å²) >= 11 is 0. The number of amides is 1. The van der Waals surface area contributed by atoms with Gasteiger partial charge in [-0.05, 0) is 18.1 Å². The predicted molar refractivity (Wildman–Crippen MR) is 89.4 cm³/mol. The Morgan fingerprint density at radius 2 is 1.82 bits per heavy atom. The lowest BCUT2D eigenvalue weighted by Crippen LogP contribution is -2.37. The summed E-state index contributed by atoms with van der Waals surface area (Å²) in [6.07, 6.45) is 2.21. The highest BCUT2D eigenvalue weighted by Crippen LogP contribution is 2.05. The average molecular weight is 322 g/mol. The van der Waals surface area contributed by atoms with Gasteiger partial charge in [-0.2, -0.15) is 0 Å². The Bertz CT molecular complexity index is 623. The van der Waals surface area contributed by atoms with Crippen LogP contribution >= 0.6 is 12.4 Å². The van der Waals surface area contributed by atoms with Gasteiger partial charge in [0.15, 0.2) is 0 Å². The van der Waals surface area contributed by atoms with E-state index in [0.29, 0.717) is 25.2 Å². The fourth-order valence-electron chi connectivity index (χ4n) is 2.11. The number of carbonyl (C=O) groups excluding carboxylic acids is 1. The van der Waals surface area contributed by atoms with E-state index >= 15 is 0 Å². The molecule has 0 fully saturated rings. The lowest BCUT2D eigenvalue weighted by molar-refractivity contribution is 0.0761. The van der Waals surface area contributed by atoms with Crippen LogP contribution in [0.25, 0.3) is 0 Å². The molecule has 1 heterocycles. The van der Waals surface area contributed by atoms with Gasteiger partial charge in [0.25, 0.3) is 5.91 Å². The standard InChI is InChI=1S/C16H19N3O2.ClH/c17-9-11-19(10-8-13-4-2-1-3-5-13)16(21)14-6-7-15(20)18-12-14;/h1-7,12H,8-11,17H2,(H,18,20);1H. The zero-order valence-electron chi connectivity index (χ0n) is 12.2. The third-order valence-corrected chi connectivity index (χ3v) is 3.23. The van der Waals surface area contributed by atoms with Crippen molar-refractivity contribution in [3.8, 4) is 0 Å². The van der Waals surface area contributed by atoms with Crippen LogP contribution in [0.4, 0.5) is 0 Å². The number of hydrogen-bond donors (Lipinski definition) is 2. The second-order valence-electron chi connectivity index (χ2n) is 4.76. The molecule has 0 atom stereocenters. The molecule has 0 bridgehead atoms. The molecule has 0 aliphatic rings. The average Bonchev–Trinajstić information content (AvgIpc) is 2.52. The van der Waals surface area contributed by atoms with Gasteiger partial charge in [0.05, 0.1) is 5.56 Å². The van der Waals surface area contributed by atoms with E-state index in [1.54, 1.807) is 4.90 Å². The molecule has 5 nitrogen and oxygen atoms in total. The van der Waals surface area contributed by atoms with Crippen LogP contribution in [0.5, 0.6) is 0 Å². The van der Waals surface area contributed by atoms with E-state index in [4.69, 9.17) is 5.73 Å². The highest BCUT2D eigenvalue weighted by Gasteiger charge is 2.15. The fraction of sp³-hybridized carbons (Fsp3) is 0.250. The molecule has 0 saturated heterocycles. The summed E-state index contributed by atoms with van der Waals surface area (Å²) in [6, 6.07) is 12.9. The zero-order valence-corrected chi connectivity index (χ0v) is 13.0. The SMILES string of the molecule is Cl.NCCN(CCc1ccccc1)C(=O)c1ccc(=O)[nH]c1. The van der Waals surface area contributed by atoms with Crippen molar-refractivity contribution in [1.82, 2.24) is 9.88 Å². The number of nitrogens with two attached hydrogens (primary N) is 1. The van der Waals surface area contributed by atoms with Crippen molar-refractivity contribution in [3.63, 3.8) is 0 Å². The molecule has 0 spiro atoms. The molecule has 1 aromatic carbocycles. The number of rotatable bonds is 6. The number of halogens is 1. The molecule has 2 aromatic rings. The van der Waals surface area contributed by atoms with E-state index < -0.39 is 0 Å². The number of carbonyl (C=O) groups is 1. The van der Waals surface area contributed by atoms with Crippen LogP contribution in [0.3, 0.4) is 0 Å². The minimum Gasteiger partial charge on any atom is -0.337 e. The molecule has 3 N–H and O–H groups in total. The molecule has 1 amide bonds. The molecule has 0 aliphatic carbocycles. The van der Waals surface area contributed by atoms with Crippen molar-refractivity contribution in [1.29, 1.82) is 0 Å². The molecule has 1 aromatic heterocycles. The number of benzene rings is 1. The van der Waals surface area contributed by atoms with Crippen LogP contribution in [-0.2, 0) is 6.42 Å². The second kappa shape index (κ2) is 9.02. The molecule has 6 heteroatoms. The van der Waals surface area contributed by atoms with Crippen molar-refractivity contribution in [2.24, 2.45) is 5.73 Å². The number of hydrogen-bond acceptors (Lipinski definition) is 3. The van der Waals surface area contributed by atoms with Gasteiger partial charge in [-0.3, -0.25) is 9.59 Å². The summed E-state index contributed by atoms with van der Waals surface area (Å²) in [7, 11) is 0. The first-order valence-corrected chi connectivity index (χ1v) is 6.92. The van der Waals surface area contributed by atoms with Crippen LogP contribution in [0, 0.1) is 0 Å². The lowest BCUT2D eigenvalue weighted by Gasteiger charge is -2.22. The lowest BCUT2D eigenvalue weighted by atomic mass is 10.1. The Labute approximate surface area is 135 Å². The van der Waals surface area contributed by atoms with Gasteiger partial charge in [0.2, 0.25) is 5.56 Å². The van der Waals surface area contributed by atoms with Gasteiger partial charge < -0.3 is 15.6 Å². The summed E-state index contributed by atoms with van der Waals surface area (Å²) in [5, 5.41) is 0. The van der Waals surface area contributed by atoms with Gasteiger partial charge in [-0.15, -0.1) is 12.4 Å². The van der Waals surface area contributed by atoms with E-state index in [1.807, 2.05) is 30.3 Å². The smallest absolute Gasteiger partial charge is 0.255 e. The predicted octanol–water partition coefficient (Wildman–Crippen LogP) is 1.44. The van der Waals surface area contributed by atoms with Crippen molar-refractivity contribution in [3.05, 3.63) is 70.1 Å². The molecular weight excluding hydrogens is 302 g/mol. The summed E-state index contributed by atoms with van der Waals surface area (Å²) in [5.74, 6) is -0.118. The Balaban J connectivity index is 0.00000242. The van der Waals surface area contributed by atoms with E-state index in [-0.39, 0.29) is 23.9 Å². The summed E-state index contributed by atoms with van der Waals surface area (Å²) in [5.41, 5.74) is 7.01. The van der Waals surface area contributed by atoms with Crippen molar-refractivity contribution >= 4 is 18.3 Å². The molecule has 0 aliphatic heterocycles. The Morgan fingerprint density at radius 3 is 2.41 bits per heavy atom. The molecule has 118 valence electrons. The van der Waals surface area contributed by atoms with E-state index in [9.17, 15) is 9.59 Å². The Hall–Kier alpha value is -2.11. The van der Waals surface area contributed by atoms with Crippen LogP contribution in [-0.4, -0.2) is 35.4 Å². The quantitative estimate of drug-likeness (QED) is 0.845. The van der Waals surface area contributed by atoms with Gasteiger partial charge in [-0.25, -0.2) is 0 Å². The number of aromatic amines is 1. The van der Waals surface area contributed by atoms with Gasteiger partial charge in [0, 0.05) is 31.9 Å².